The third-order valence-corrected chi connectivity index (χ3v) is 4.04. The number of hydroxylamine groups is 2. The van der Waals surface area contributed by atoms with Crippen LogP contribution >= 0.6 is 11.3 Å². The van der Waals surface area contributed by atoms with Gasteiger partial charge in [-0.2, -0.15) is 0 Å². The molecule has 2 rings (SSSR count). The number of aromatic nitrogens is 1. The highest BCUT2D eigenvalue weighted by Gasteiger charge is 2.17. The largest absolute Gasteiger partial charge is 0.275 e. The van der Waals surface area contributed by atoms with Gasteiger partial charge in [-0.3, -0.25) is 9.63 Å². The Balaban J connectivity index is 2.31. The molecule has 1 aromatic carbocycles. The van der Waals surface area contributed by atoms with Crippen molar-refractivity contribution in [3.8, 4) is 11.3 Å². The van der Waals surface area contributed by atoms with Crippen LogP contribution < -0.4 is 0 Å². The van der Waals surface area contributed by atoms with Gasteiger partial charge in [-0.25, -0.2) is 10.0 Å². The fourth-order valence-corrected chi connectivity index (χ4v) is 2.83. The SMILES string of the molecule is CON(C)C(=O)Cc1sc(C)nc1-c1ccc(C)cc1. The van der Waals surface area contributed by atoms with Crippen LogP contribution in [0, 0.1) is 13.8 Å². The number of benzene rings is 1. The quantitative estimate of drug-likeness (QED) is 0.813. The molecule has 0 fully saturated rings. The van der Waals surface area contributed by atoms with E-state index in [1.54, 1.807) is 18.4 Å². The number of hydrogen-bond acceptors (Lipinski definition) is 4. The minimum absolute atomic E-state index is 0.0792. The van der Waals surface area contributed by atoms with Gasteiger partial charge < -0.3 is 0 Å². The fourth-order valence-electron chi connectivity index (χ4n) is 1.88. The first-order chi connectivity index (χ1) is 9.51. The van der Waals surface area contributed by atoms with Gasteiger partial charge in [0.1, 0.15) is 0 Å². The van der Waals surface area contributed by atoms with Gasteiger partial charge in [0.05, 0.1) is 24.2 Å². The second kappa shape index (κ2) is 6.15. The van der Waals surface area contributed by atoms with E-state index in [9.17, 15) is 4.79 Å². The normalized spacial score (nSPS) is 10.6. The van der Waals surface area contributed by atoms with Crippen molar-refractivity contribution in [2.24, 2.45) is 0 Å². The van der Waals surface area contributed by atoms with Gasteiger partial charge in [-0.05, 0) is 13.8 Å². The molecule has 5 heteroatoms. The van der Waals surface area contributed by atoms with E-state index in [-0.39, 0.29) is 5.91 Å². The Kier molecular flexibility index (Phi) is 4.52. The number of thiazole rings is 1. The minimum atomic E-state index is -0.0792. The van der Waals surface area contributed by atoms with Crippen LogP contribution in [-0.4, -0.2) is 30.1 Å². The summed E-state index contributed by atoms with van der Waals surface area (Å²) in [6.45, 7) is 4.00. The molecule has 2 aromatic rings. The molecule has 1 heterocycles. The van der Waals surface area contributed by atoms with Crippen LogP contribution in [-0.2, 0) is 16.1 Å². The lowest BCUT2D eigenvalue weighted by atomic mass is 10.1. The van der Waals surface area contributed by atoms with E-state index >= 15 is 0 Å². The lowest BCUT2D eigenvalue weighted by Gasteiger charge is -2.13. The average molecular weight is 290 g/mol. The van der Waals surface area contributed by atoms with Gasteiger partial charge in [-0.15, -0.1) is 11.3 Å². The van der Waals surface area contributed by atoms with Crippen molar-refractivity contribution in [2.45, 2.75) is 20.3 Å². The monoisotopic (exact) mass is 290 g/mol. The lowest BCUT2D eigenvalue weighted by molar-refractivity contribution is -0.167. The topological polar surface area (TPSA) is 42.4 Å². The molecular weight excluding hydrogens is 272 g/mol. The molecule has 0 saturated carbocycles. The summed E-state index contributed by atoms with van der Waals surface area (Å²) < 4.78 is 0. The smallest absolute Gasteiger partial charge is 0.251 e. The zero-order valence-electron chi connectivity index (χ0n) is 12.1. The van der Waals surface area contributed by atoms with E-state index in [0.29, 0.717) is 6.42 Å². The molecule has 0 atom stereocenters. The number of carbonyl (C=O) groups excluding carboxylic acids is 1. The highest BCUT2D eigenvalue weighted by molar-refractivity contribution is 7.12. The van der Waals surface area contributed by atoms with Gasteiger partial charge in [0.2, 0.25) is 0 Å². The Hall–Kier alpha value is -1.72. The van der Waals surface area contributed by atoms with Crippen molar-refractivity contribution in [3.05, 3.63) is 39.7 Å². The van der Waals surface area contributed by atoms with Crippen LogP contribution in [0.2, 0.25) is 0 Å². The van der Waals surface area contributed by atoms with Gasteiger partial charge >= 0.3 is 0 Å². The number of nitrogens with zero attached hydrogens (tertiary/aromatic N) is 2. The number of likely N-dealkylation sites (N-methyl/N-ethyl adjacent to an activating group) is 1. The van der Waals surface area contributed by atoms with Crippen LogP contribution in [0.25, 0.3) is 11.3 Å². The minimum Gasteiger partial charge on any atom is -0.275 e. The molecule has 0 aliphatic carbocycles. The van der Waals surface area contributed by atoms with Crippen LogP contribution in [0.5, 0.6) is 0 Å². The Morgan fingerprint density at radius 2 is 1.95 bits per heavy atom. The Morgan fingerprint density at radius 3 is 2.55 bits per heavy atom. The second-order valence-electron chi connectivity index (χ2n) is 4.62. The van der Waals surface area contributed by atoms with Crippen LogP contribution in [0.15, 0.2) is 24.3 Å². The number of carbonyl (C=O) groups is 1. The molecule has 106 valence electrons. The first kappa shape index (κ1) is 14.7. The molecule has 0 saturated heterocycles. The van der Waals surface area contributed by atoms with E-state index in [2.05, 4.69) is 17.1 Å². The van der Waals surface area contributed by atoms with Gasteiger partial charge in [-0.1, -0.05) is 29.8 Å². The summed E-state index contributed by atoms with van der Waals surface area (Å²) in [4.78, 5) is 22.4. The molecule has 0 unspecified atom stereocenters. The lowest BCUT2D eigenvalue weighted by Crippen LogP contribution is -2.26. The molecule has 4 nitrogen and oxygen atoms in total. The Morgan fingerprint density at radius 1 is 1.30 bits per heavy atom. The Bertz CT molecular complexity index is 605. The van der Waals surface area contributed by atoms with Crippen LogP contribution in [0.1, 0.15) is 15.4 Å². The van der Waals surface area contributed by atoms with E-state index in [1.807, 2.05) is 26.0 Å². The predicted molar refractivity (Wildman–Crippen MR) is 80.5 cm³/mol. The standard InChI is InChI=1S/C15H18N2O2S/c1-10-5-7-12(8-6-10)15-13(20-11(2)16-15)9-14(18)17(3)19-4/h5-8H,9H2,1-4H3. The van der Waals surface area contributed by atoms with Gasteiger partial charge in [0.15, 0.2) is 0 Å². The van der Waals surface area contributed by atoms with Crippen molar-refractivity contribution in [2.75, 3.05) is 14.2 Å². The molecule has 0 aliphatic rings. The molecule has 0 bridgehead atoms. The summed E-state index contributed by atoms with van der Waals surface area (Å²) in [6.07, 6.45) is 0.305. The first-order valence-electron chi connectivity index (χ1n) is 6.35. The summed E-state index contributed by atoms with van der Waals surface area (Å²) in [5, 5.41) is 2.21. The first-order valence-corrected chi connectivity index (χ1v) is 7.17. The van der Waals surface area contributed by atoms with Crippen molar-refractivity contribution < 1.29 is 9.63 Å². The number of amides is 1. The maximum Gasteiger partial charge on any atom is 0.251 e. The van der Waals surface area contributed by atoms with Crippen molar-refractivity contribution >= 4 is 17.2 Å². The molecule has 0 N–H and O–H groups in total. The van der Waals surface area contributed by atoms with E-state index < -0.39 is 0 Å². The zero-order valence-corrected chi connectivity index (χ0v) is 13.0. The van der Waals surface area contributed by atoms with Crippen molar-refractivity contribution in [1.82, 2.24) is 10.0 Å². The van der Waals surface area contributed by atoms with E-state index in [0.717, 1.165) is 21.1 Å². The molecule has 0 aliphatic heterocycles. The number of rotatable bonds is 4. The van der Waals surface area contributed by atoms with Crippen LogP contribution in [0.3, 0.4) is 0 Å². The predicted octanol–water partition coefficient (Wildman–Crippen LogP) is 2.99. The highest BCUT2D eigenvalue weighted by atomic mass is 32.1. The average Bonchev–Trinajstić information content (AvgIpc) is 2.79. The molecule has 0 radical (unpaired) electrons. The molecule has 1 aromatic heterocycles. The molecular formula is C15H18N2O2S. The highest BCUT2D eigenvalue weighted by Crippen LogP contribution is 2.29. The second-order valence-corrected chi connectivity index (χ2v) is 5.91. The van der Waals surface area contributed by atoms with Crippen molar-refractivity contribution in [1.29, 1.82) is 0 Å². The Labute approximate surface area is 123 Å². The maximum atomic E-state index is 12.0. The summed E-state index contributed by atoms with van der Waals surface area (Å²) in [7, 11) is 3.10. The fraction of sp³-hybridized carbons (Fsp3) is 0.333. The number of hydrogen-bond donors (Lipinski definition) is 0. The van der Waals surface area contributed by atoms with Gasteiger partial charge in [0, 0.05) is 17.5 Å². The third kappa shape index (κ3) is 3.23. The zero-order chi connectivity index (χ0) is 14.7. The third-order valence-electron chi connectivity index (χ3n) is 3.07. The van der Waals surface area contributed by atoms with E-state index in [1.165, 1.54) is 17.7 Å². The summed E-state index contributed by atoms with van der Waals surface area (Å²) in [5.41, 5.74) is 3.14. The van der Waals surface area contributed by atoms with Crippen molar-refractivity contribution in [3.63, 3.8) is 0 Å². The maximum absolute atomic E-state index is 12.0. The number of aryl methyl sites for hydroxylation is 2. The molecule has 0 spiro atoms. The molecule has 20 heavy (non-hydrogen) atoms. The van der Waals surface area contributed by atoms with E-state index in [4.69, 9.17) is 4.84 Å². The summed E-state index contributed by atoms with van der Waals surface area (Å²) in [5.74, 6) is -0.0792. The van der Waals surface area contributed by atoms with Crippen LogP contribution in [0.4, 0.5) is 0 Å². The summed E-state index contributed by atoms with van der Waals surface area (Å²) >= 11 is 1.56. The summed E-state index contributed by atoms with van der Waals surface area (Å²) in [6, 6.07) is 8.18. The molecule has 1 amide bonds. The van der Waals surface area contributed by atoms with Gasteiger partial charge in [0.25, 0.3) is 5.91 Å².